The lowest BCUT2D eigenvalue weighted by atomic mass is 9.43. The van der Waals surface area contributed by atoms with E-state index < -0.39 is 58.8 Å². The topological polar surface area (TPSA) is 127 Å². The number of carbonyl (C=O) groups is 1. The molecule has 6 fully saturated rings. The molecule has 1 aromatic carbocycles. The molecule has 14 atom stereocenters. The fourth-order valence-corrected chi connectivity index (χ4v) is 11.8. The second-order valence-electron chi connectivity index (χ2n) is 13.6. The number of nitrogens with zero attached hydrogens (tertiary/aromatic N) is 1. The van der Waals surface area contributed by atoms with Gasteiger partial charge in [0.1, 0.15) is 29.5 Å². The summed E-state index contributed by atoms with van der Waals surface area (Å²) in [4.78, 5) is 15.8. The van der Waals surface area contributed by atoms with E-state index in [0.29, 0.717) is 12.2 Å². The van der Waals surface area contributed by atoms with Crippen LogP contribution in [0.25, 0.3) is 0 Å². The lowest BCUT2D eigenvalue weighted by molar-refractivity contribution is -0.313. The zero-order chi connectivity index (χ0) is 29.1. The first-order valence-electron chi connectivity index (χ1n) is 14.8. The van der Waals surface area contributed by atoms with E-state index in [1.165, 1.54) is 7.11 Å². The number of piperidine rings is 1. The van der Waals surface area contributed by atoms with Crippen LogP contribution in [0.3, 0.4) is 0 Å². The van der Waals surface area contributed by atoms with Gasteiger partial charge < -0.3 is 43.9 Å². The quantitative estimate of drug-likeness (QED) is 0.402. The Bertz CT molecular complexity index is 1200. The van der Waals surface area contributed by atoms with Crippen molar-refractivity contribution in [2.75, 3.05) is 48.6 Å². The molecule has 1 spiro atoms. The van der Waals surface area contributed by atoms with Crippen molar-refractivity contribution < 1.29 is 43.8 Å². The third-order valence-electron chi connectivity index (χ3n) is 12.5. The van der Waals surface area contributed by atoms with Crippen LogP contribution in [0.1, 0.15) is 29.6 Å². The number of rotatable bonds is 7. The lowest BCUT2D eigenvalue weighted by Crippen LogP contribution is -2.79. The molecule has 0 aromatic heterocycles. The van der Waals surface area contributed by atoms with E-state index >= 15 is 0 Å². The van der Waals surface area contributed by atoms with E-state index in [1.54, 1.807) is 45.6 Å². The van der Waals surface area contributed by atoms with Gasteiger partial charge in [-0.1, -0.05) is 18.2 Å². The number of esters is 1. The Hall–Kier alpha value is -1.63. The van der Waals surface area contributed by atoms with Crippen molar-refractivity contribution in [3.8, 4) is 0 Å². The van der Waals surface area contributed by atoms with Crippen molar-refractivity contribution in [2.24, 2.45) is 34.5 Å². The van der Waals surface area contributed by atoms with Crippen LogP contribution in [0.4, 0.5) is 0 Å². The highest BCUT2D eigenvalue weighted by atomic mass is 16.6. The fraction of sp³-hybridized carbons (Fsp3) is 0.774. The second kappa shape index (κ2) is 9.19. The van der Waals surface area contributed by atoms with Gasteiger partial charge in [-0.15, -0.1) is 0 Å². The highest BCUT2D eigenvalue weighted by molar-refractivity contribution is 5.89. The first-order chi connectivity index (χ1) is 19.6. The van der Waals surface area contributed by atoms with Crippen molar-refractivity contribution in [2.45, 2.75) is 67.0 Å². The Balaban J connectivity index is 1.46. The predicted molar refractivity (Wildman–Crippen MR) is 145 cm³/mol. The number of benzene rings is 1. The Morgan fingerprint density at radius 1 is 1.02 bits per heavy atom. The van der Waals surface area contributed by atoms with Crippen molar-refractivity contribution in [3.05, 3.63) is 35.9 Å². The molecule has 0 radical (unpaired) electrons. The lowest BCUT2D eigenvalue weighted by Gasteiger charge is -2.69. The molecule has 7 rings (SSSR count). The zero-order valence-electron chi connectivity index (χ0n) is 24.4. The Morgan fingerprint density at radius 3 is 2.39 bits per heavy atom. The van der Waals surface area contributed by atoms with Crippen LogP contribution in [-0.2, 0) is 23.7 Å². The molecule has 0 amide bonds. The first-order valence-corrected chi connectivity index (χ1v) is 14.8. The Labute approximate surface area is 240 Å². The molecule has 1 aliphatic heterocycles. The van der Waals surface area contributed by atoms with Gasteiger partial charge in [-0.3, -0.25) is 0 Å². The Morgan fingerprint density at radius 2 is 1.76 bits per heavy atom. The number of hydrogen-bond donors (Lipinski definition) is 3. The molecule has 41 heavy (non-hydrogen) atoms. The molecule has 5 aliphatic carbocycles. The van der Waals surface area contributed by atoms with Crippen LogP contribution >= 0.6 is 0 Å². The maximum atomic E-state index is 13.5. The van der Waals surface area contributed by atoms with Gasteiger partial charge in [-0.2, -0.15) is 0 Å². The molecule has 1 heterocycles. The average molecular weight is 574 g/mol. The summed E-state index contributed by atoms with van der Waals surface area (Å²) in [5, 5.41) is 37.6. The molecule has 3 unspecified atom stereocenters. The SMILES string of the molecule is COC[C@@]12CC[C@H](OC)C34C(C([C@H](OC)[C@@H]31)[C@]1(O)[C@H]3[C@@H](OC(=O)c5ccccc5)[C@](O)(C[C@@H]34)[C@@H](OC)[C@@H]1O)N(C)C2. The standard InChI is InChI=1S/C31H43NO9/c1-32-14-28(15-37-2)12-11-18(38-3)30-17-13-29(35)25(41-27(34)16-9-7-6-8-10-16)19(17)31(36,24(33)26(29)40-5)20(23(30)32)21(39-4)22(28)30/h6-10,17-26,33,35-36H,11-15H2,1-5H3/t17-,18-,19+,20?,21-,22+,23?,24-,25+,26-,28-,29+,30?,31+/m0/s1. The van der Waals surface area contributed by atoms with Gasteiger partial charge in [0, 0.05) is 69.6 Å². The number of ether oxygens (including phenoxy) is 5. The molecule has 7 bridgehead atoms. The van der Waals surface area contributed by atoms with Gasteiger partial charge in [0.15, 0.2) is 0 Å². The molecule has 10 heteroatoms. The molecular formula is C31H43NO9. The van der Waals surface area contributed by atoms with E-state index in [2.05, 4.69) is 11.9 Å². The van der Waals surface area contributed by atoms with E-state index in [9.17, 15) is 20.1 Å². The van der Waals surface area contributed by atoms with Crippen molar-refractivity contribution in [1.29, 1.82) is 0 Å². The number of carbonyl (C=O) groups excluding carboxylic acids is 1. The van der Waals surface area contributed by atoms with Crippen LogP contribution in [0.2, 0.25) is 0 Å². The van der Waals surface area contributed by atoms with E-state index in [4.69, 9.17) is 23.7 Å². The highest BCUT2D eigenvalue weighted by Gasteiger charge is 2.90. The summed E-state index contributed by atoms with van der Waals surface area (Å²) in [5.41, 5.74) is -3.95. The third-order valence-corrected chi connectivity index (χ3v) is 12.5. The second-order valence-corrected chi connectivity index (χ2v) is 13.6. The molecule has 6 aliphatic rings. The summed E-state index contributed by atoms with van der Waals surface area (Å²) in [5.74, 6) is -2.30. The van der Waals surface area contributed by atoms with E-state index in [1.807, 2.05) is 6.07 Å². The van der Waals surface area contributed by atoms with Crippen molar-refractivity contribution in [3.63, 3.8) is 0 Å². The van der Waals surface area contributed by atoms with Crippen LogP contribution in [-0.4, -0.2) is 123 Å². The van der Waals surface area contributed by atoms with Gasteiger partial charge in [0.05, 0.1) is 24.4 Å². The molecule has 10 nitrogen and oxygen atoms in total. The van der Waals surface area contributed by atoms with E-state index in [0.717, 1.165) is 19.4 Å². The summed E-state index contributed by atoms with van der Waals surface area (Å²) >= 11 is 0. The summed E-state index contributed by atoms with van der Waals surface area (Å²) in [6.07, 6.45) is -2.45. The molecular weight excluding hydrogens is 530 g/mol. The van der Waals surface area contributed by atoms with Gasteiger partial charge >= 0.3 is 5.97 Å². The molecule has 5 saturated carbocycles. The summed E-state index contributed by atoms with van der Waals surface area (Å²) in [7, 11) is 8.65. The minimum absolute atomic E-state index is 0.0644. The molecule has 1 aromatic rings. The van der Waals surface area contributed by atoms with Crippen LogP contribution in [0.15, 0.2) is 30.3 Å². The van der Waals surface area contributed by atoms with Gasteiger partial charge in [0.2, 0.25) is 0 Å². The minimum atomic E-state index is -1.76. The maximum absolute atomic E-state index is 13.5. The largest absolute Gasteiger partial charge is 0.455 e. The first kappa shape index (κ1) is 28.2. The number of aliphatic hydroxyl groups excluding tert-OH is 1. The molecule has 1 saturated heterocycles. The fourth-order valence-electron chi connectivity index (χ4n) is 11.8. The summed E-state index contributed by atoms with van der Waals surface area (Å²) in [6, 6.07) is 8.46. The third kappa shape index (κ3) is 3.08. The highest BCUT2D eigenvalue weighted by Crippen LogP contribution is 2.80. The number of hydrogen-bond acceptors (Lipinski definition) is 10. The number of fused-ring (bicyclic) bond motifs is 2. The van der Waals surface area contributed by atoms with Gasteiger partial charge in [-0.05, 0) is 44.4 Å². The summed E-state index contributed by atoms with van der Waals surface area (Å²) in [6.45, 7) is 1.29. The normalized spacial score (nSPS) is 52.9. The molecule has 3 N–H and O–H groups in total. The predicted octanol–water partition coefficient (Wildman–Crippen LogP) is 0.716. The van der Waals surface area contributed by atoms with E-state index in [-0.39, 0.29) is 35.8 Å². The average Bonchev–Trinajstić information content (AvgIpc) is 3.36. The maximum Gasteiger partial charge on any atom is 0.338 e. The van der Waals surface area contributed by atoms with Crippen LogP contribution in [0.5, 0.6) is 0 Å². The van der Waals surface area contributed by atoms with Gasteiger partial charge in [0.25, 0.3) is 0 Å². The number of aliphatic hydroxyl groups is 3. The Kier molecular flexibility index (Phi) is 6.31. The van der Waals surface area contributed by atoms with Crippen molar-refractivity contribution >= 4 is 5.97 Å². The van der Waals surface area contributed by atoms with Crippen molar-refractivity contribution in [1.82, 2.24) is 4.90 Å². The number of likely N-dealkylation sites (tertiary alicyclic amines) is 1. The molecule has 226 valence electrons. The number of methoxy groups -OCH3 is 4. The smallest absolute Gasteiger partial charge is 0.338 e. The minimum Gasteiger partial charge on any atom is -0.455 e. The zero-order valence-corrected chi connectivity index (χ0v) is 24.4. The van der Waals surface area contributed by atoms with Crippen LogP contribution in [0, 0.1) is 34.5 Å². The van der Waals surface area contributed by atoms with Gasteiger partial charge in [-0.25, -0.2) is 4.79 Å². The summed E-state index contributed by atoms with van der Waals surface area (Å²) < 4.78 is 30.6. The van der Waals surface area contributed by atoms with Crippen LogP contribution < -0.4 is 0 Å². The monoisotopic (exact) mass is 573 g/mol.